The van der Waals surface area contributed by atoms with Crippen molar-refractivity contribution >= 4 is 0 Å². The summed E-state index contributed by atoms with van der Waals surface area (Å²) in [6.45, 7) is 3.28. The van der Waals surface area contributed by atoms with Gasteiger partial charge in [0.2, 0.25) is 6.29 Å². The molecule has 5 unspecified atom stereocenters. The predicted octanol–water partition coefficient (Wildman–Crippen LogP) is 2.27. The molecule has 0 aliphatic carbocycles. The Kier molecular flexibility index (Phi) is 8.44. The number of rotatable bonds is 8. The lowest BCUT2D eigenvalue weighted by molar-refractivity contribution is -0.265. The minimum Gasteiger partial charge on any atom is -0.501 e. The molecule has 7 heteroatoms. The molecule has 0 bridgehead atoms. The molecule has 2 rings (SSSR count). The van der Waals surface area contributed by atoms with Crippen molar-refractivity contribution < 1.29 is 33.9 Å². The molecule has 0 amide bonds. The van der Waals surface area contributed by atoms with Gasteiger partial charge in [0.15, 0.2) is 6.17 Å². The van der Waals surface area contributed by atoms with E-state index in [9.17, 15) is 19.7 Å². The third-order valence-electron chi connectivity index (χ3n) is 4.76. The topological polar surface area (TPSA) is 88.4 Å². The van der Waals surface area contributed by atoms with Crippen LogP contribution in [0.3, 0.4) is 0 Å². The Morgan fingerprint density at radius 2 is 1.93 bits per heavy atom. The van der Waals surface area contributed by atoms with Crippen LogP contribution in [0, 0.1) is 0 Å². The predicted molar refractivity (Wildman–Crippen MR) is 103 cm³/mol. The van der Waals surface area contributed by atoms with Gasteiger partial charge in [-0.15, -0.1) is 0 Å². The molecule has 1 heterocycles. The number of hydrogen-bond donors (Lipinski definition) is 3. The van der Waals surface area contributed by atoms with E-state index in [1.54, 1.807) is 19.2 Å². The Bertz CT molecular complexity index is 687. The Labute approximate surface area is 164 Å². The first-order valence-corrected chi connectivity index (χ1v) is 9.32. The molecule has 3 N–H and O–H groups in total. The number of methoxy groups -OCH3 is 1. The number of hydrogen-bond acceptors (Lipinski definition) is 6. The summed E-state index contributed by atoms with van der Waals surface area (Å²) in [6, 6.07) is 7.25. The Morgan fingerprint density at radius 3 is 2.57 bits per heavy atom. The molecule has 1 aliphatic heterocycles. The van der Waals surface area contributed by atoms with Crippen LogP contribution in [0.25, 0.3) is 0 Å². The molecule has 1 aromatic carbocycles. The number of ether oxygens (including phenoxy) is 3. The van der Waals surface area contributed by atoms with Gasteiger partial charge < -0.3 is 29.5 Å². The van der Waals surface area contributed by atoms with Gasteiger partial charge in [0, 0.05) is 0 Å². The van der Waals surface area contributed by atoms with Gasteiger partial charge in [0.1, 0.15) is 24.1 Å². The first-order chi connectivity index (χ1) is 13.4. The summed E-state index contributed by atoms with van der Waals surface area (Å²) in [5.41, 5.74) is 1.99. The highest BCUT2D eigenvalue weighted by atomic mass is 19.1. The van der Waals surface area contributed by atoms with Crippen LogP contribution in [0.1, 0.15) is 25.8 Å². The van der Waals surface area contributed by atoms with Gasteiger partial charge in [0.05, 0.1) is 19.5 Å². The number of alkyl halides is 1. The van der Waals surface area contributed by atoms with Crippen LogP contribution in [-0.4, -0.2) is 59.8 Å². The summed E-state index contributed by atoms with van der Waals surface area (Å²) in [5, 5.41) is 29.2. The SMILES string of the molecule is CCC(=CC=C(C)OC)Cc1ccccc1OC1OC(CO)C(F)C(O)C1O. The summed E-state index contributed by atoms with van der Waals surface area (Å²) in [6.07, 6.45) is -2.41. The molecular formula is C21H29FO6. The lowest BCUT2D eigenvalue weighted by Crippen LogP contribution is -2.58. The summed E-state index contributed by atoms with van der Waals surface area (Å²) in [4.78, 5) is 0. The average Bonchev–Trinajstić information content (AvgIpc) is 2.72. The fourth-order valence-corrected chi connectivity index (χ4v) is 2.88. The smallest absolute Gasteiger partial charge is 0.229 e. The largest absolute Gasteiger partial charge is 0.501 e. The Morgan fingerprint density at radius 1 is 1.21 bits per heavy atom. The van der Waals surface area contributed by atoms with Crippen molar-refractivity contribution in [3.8, 4) is 5.75 Å². The zero-order valence-electron chi connectivity index (χ0n) is 16.4. The van der Waals surface area contributed by atoms with Crippen LogP contribution >= 0.6 is 0 Å². The standard InChI is InChI=1S/C21H29FO6/c1-4-14(10-9-13(2)26-3)11-15-7-5-6-8-16(15)27-21-20(25)19(24)18(22)17(12-23)28-21/h5-10,17-21,23-25H,4,11-12H2,1-3H3. The molecule has 0 saturated carbocycles. The maximum atomic E-state index is 13.9. The number of aliphatic hydroxyl groups is 3. The molecule has 1 aromatic rings. The summed E-state index contributed by atoms with van der Waals surface area (Å²) in [7, 11) is 1.61. The van der Waals surface area contributed by atoms with Crippen LogP contribution in [-0.2, 0) is 15.9 Å². The molecule has 1 aliphatic rings. The van der Waals surface area contributed by atoms with Gasteiger partial charge in [-0.3, -0.25) is 0 Å². The van der Waals surface area contributed by atoms with E-state index in [-0.39, 0.29) is 0 Å². The van der Waals surface area contributed by atoms with E-state index in [4.69, 9.17) is 14.2 Å². The molecule has 0 spiro atoms. The number of para-hydroxylation sites is 1. The first kappa shape index (κ1) is 22.4. The molecule has 1 fully saturated rings. The van der Waals surface area contributed by atoms with Gasteiger partial charge in [-0.2, -0.15) is 0 Å². The first-order valence-electron chi connectivity index (χ1n) is 9.32. The molecule has 0 radical (unpaired) electrons. The third-order valence-corrected chi connectivity index (χ3v) is 4.76. The monoisotopic (exact) mass is 396 g/mol. The lowest BCUT2D eigenvalue weighted by atomic mass is 10.00. The molecule has 1 saturated heterocycles. The fourth-order valence-electron chi connectivity index (χ4n) is 2.88. The lowest BCUT2D eigenvalue weighted by Gasteiger charge is -2.38. The van der Waals surface area contributed by atoms with E-state index in [1.165, 1.54) is 0 Å². The van der Waals surface area contributed by atoms with E-state index >= 15 is 0 Å². The van der Waals surface area contributed by atoms with Crippen molar-refractivity contribution in [2.75, 3.05) is 13.7 Å². The van der Waals surface area contributed by atoms with Crippen molar-refractivity contribution in [2.45, 2.75) is 57.5 Å². The number of allylic oxidation sites excluding steroid dienone is 4. The van der Waals surface area contributed by atoms with E-state index < -0.39 is 37.4 Å². The van der Waals surface area contributed by atoms with Gasteiger partial charge in [-0.05, 0) is 37.5 Å². The highest BCUT2D eigenvalue weighted by molar-refractivity contribution is 5.37. The van der Waals surface area contributed by atoms with Gasteiger partial charge in [-0.1, -0.05) is 36.8 Å². The van der Waals surface area contributed by atoms with Crippen molar-refractivity contribution in [3.05, 3.63) is 53.3 Å². The van der Waals surface area contributed by atoms with E-state index in [0.717, 1.165) is 23.3 Å². The summed E-state index contributed by atoms with van der Waals surface area (Å²) in [5.74, 6) is 1.25. The third kappa shape index (κ3) is 5.54. The second-order valence-electron chi connectivity index (χ2n) is 6.71. The van der Waals surface area contributed by atoms with Crippen molar-refractivity contribution in [3.63, 3.8) is 0 Å². The van der Waals surface area contributed by atoms with E-state index in [0.29, 0.717) is 12.2 Å². The molecule has 6 nitrogen and oxygen atoms in total. The number of benzene rings is 1. The highest BCUT2D eigenvalue weighted by Gasteiger charge is 2.46. The number of aliphatic hydroxyl groups excluding tert-OH is 3. The zero-order valence-corrected chi connectivity index (χ0v) is 16.4. The van der Waals surface area contributed by atoms with Crippen molar-refractivity contribution in [1.29, 1.82) is 0 Å². The van der Waals surface area contributed by atoms with Crippen LogP contribution in [0.5, 0.6) is 5.75 Å². The normalized spacial score (nSPS) is 28.9. The van der Waals surface area contributed by atoms with Crippen LogP contribution < -0.4 is 4.74 Å². The Hall–Kier alpha value is -1.93. The second kappa shape index (κ2) is 10.6. The Balaban J connectivity index is 2.19. The minimum absolute atomic E-state index is 0.458. The quantitative estimate of drug-likeness (QED) is 0.462. The summed E-state index contributed by atoms with van der Waals surface area (Å²) < 4.78 is 30.1. The molecule has 5 atom stereocenters. The minimum atomic E-state index is -1.89. The fraction of sp³-hybridized carbons (Fsp3) is 0.524. The van der Waals surface area contributed by atoms with E-state index in [2.05, 4.69) is 0 Å². The zero-order chi connectivity index (χ0) is 20.7. The van der Waals surface area contributed by atoms with E-state index in [1.807, 2.05) is 38.1 Å². The molecule has 0 aromatic heterocycles. The molecule has 156 valence electrons. The second-order valence-corrected chi connectivity index (χ2v) is 6.71. The number of halogens is 1. The maximum absolute atomic E-state index is 13.9. The van der Waals surface area contributed by atoms with Crippen molar-refractivity contribution in [1.82, 2.24) is 0 Å². The van der Waals surface area contributed by atoms with Crippen LogP contribution in [0.15, 0.2) is 47.7 Å². The molecule has 28 heavy (non-hydrogen) atoms. The molecular weight excluding hydrogens is 367 g/mol. The van der Waals surface area contributed by atoms with Crippen LogP contribution in [0.4, 0.5) is 4.39 Å². The highest BCUT2D eigenvalue weighted by Crippen LogP contribution is 2.29. The van der Waals surface area contributed by atoms with Gasteiger partial charge >= 0.3 is 0 Å². The van der Waals surface area contributed by atoms with Crippen LogP contribution in [0.2, 0.25) is 0 Å². The summed E-state index contributed by atoms with van der Waals surface area (Å²) >= 11 is 0. The maximum Gasteiger partial charge on any atom is 0.229 e. The van der Waals surface area contributed by atoms with Gasteiger partial charge in [0.25, 0.3) is 0 Å². The van der Waals surface area contributed by atoms with Gasteiger partial charge in [-0.25, -0.2) is 4.39 Å². The van der Waals surface area contributed by atoms with Crippen molar-refractivity contribution in [2.24, 2.45) is 0 Å². The average molecular weight is 396 g/mol.